The second-order valence-corrected chi connectivity index (χ2v) is 5.49. The Morgan fingerprint density at radius 3 is 2.82 bits per heavy atom. The molecule has 1 heterocycles. The van der Waals surface area contributed by atoms with Crippen LogP contribution in [-0.4, -0.2) is 5.25 Å². The van der Waals surface area contributed by atoms with Crippen molar-refractivity contribution in [1.29, 1.82) is 0 Å². The molecule has 0 N–H and O–H groups in total. The number of allylic oxidation sites excluding steroid dienone is 2. The largest absolute Gasteiger partial charge is 0.127 e. The van der Waals surface area contributed by atoms with Crippen molar-refractivity contribution in [3.63, 3.8) is 0 Å². The Morgan fingerprint density at radius 1 is 1.73 bits per heavy atom. The average molecular weight is 233 g/mol. The lowest BCUT2D eigenvalue weighted by Crippen LogP contribution is -2.12. The number of hydrogen-bond donors (Lipinski definition) is 0. The van der Waals surface area contributed by atoms with E-state index in [0.29, 0.717) is 0 Å². The highest BCUT2D eigenvalue weighted by atomic mass is 79.9. The Labute approximate surface area is 81.3 Å². The third-order valence-corrected chi connectivity index (χ3v) is 3.40. The van der Waals surface area contributed by atoms with E-state index in [1.807, 2.05) is 11.8 Å². The van der Waals surface area contributed by atoms with Crippen molar-refractivity contribution >= 4 is 27.7 Å². The molecule has 0 radical (unpaired) electrons. The van der Waals surface area contributed by atoms with Crippen molar-refractivity contribution in [3.8, 4) is 0 Å². The maximum atomic E-state index is 3.89. The first kappa shape index (κ1) is 9.40. The maximum absolute atomic E-state index is 3.89. The van der Waals surface area contributed by atoms with Crippen LogP contribution in [0.3, 0.4) is 0 Å². The summed E-state index contributed by atoms with van der Waals surface area (Å²) in [5, 5.41) is 0.856. The Morgan fingerprint density at radius 2 is 2.36 bits per heavy atom. The molecule has 1 aliphatic heterocycles. The Bertz CT molecular complexity index is 166. The van der Waals surface area contributed by atoms with Gasteiger partial charge in [-0.05, 0) is 35.1 Å². The van der Waals surface area contributed by atoms with Crippen LogP contribution in [0.25, 0.3) is 0 Å². The van der Waals surface area contributed by atoms with E-state index in [9.17, 15) is 0 Å². The molecule has 0 amide bonds. The van der Waals surface area contributed by atoms with Gasteiger partial charge in [0.2, 0.25) is 0 Å². The van der Waals surface area contributed by atoms with Crippen LogP contribution < -0.4 is 0 Å². The van der Waals surface area contributed by atoms with E-state index in [1.54, 1.807) is 0 Å². The minimum absolute atomic E-state index is 0.856. The first-order valence-corrected chi connectivity index (χ1v) is 5.53. The first-order chi connectivity index (χ1) is 5.18. The highest BCUT2D eigenvalue weighted by Gasteiger charge is 2.21. The lowest BCUT2D eigenvalue weighted by molar-refractivity contribution is 0.690. The fraction of sp³-hybridized carbons (Fsp3) is 0.556. The zero-order chi connectivity index (χ0) is 8.27. The smallest absolute Gasteiger partial charge is 0.0136 e. The van der Waals surface area contributed by atoms with Crippen LogP contribution in [0.1, 0.15) is 25.7 Å². The molecule has 1 aliphatic rings. The van der Waals surface area contributed by atoms with Gasteiger partial charge in [-0.3, -0.25) is 0 Å². The molecule has 1 fully saturated rings. The topological polar surface area (TPSA) is 0 Å². The zero-order valence-corrected chi connectivity index (χ0v) is 9.01. The summed E-state index contributed by atoms with van der Waals surface area (Å²) in [5.74, 6) is 0. The van der Waals surface area contributed by atoms with Crippen molar-refractivity contribution in [2.45, 2.75) is 30.9 Å². The summed E-state index contributed by atoms with van der Waals surface area (Å²) in [7, 11) is 0. The molecule has 0 nitrogen and oxygen atoms in total. The van der Waals surface area contributed by atoms with E-state index in [1.165, 1.54) is 24.2 Å². The third-order valence-electron chi connectivity index (χ3n) is 1.76. The Kier molecular flexibility index (Phi) is 3.73. The quantitative estimate of drug-likeness (QED) is 0.704. The minimum atomic E-state index is 0.856. The van der Waals surface area contributed by atoms with Gasteiger partial charge in [0.25, 0.3) is 0 Å². The van der Waals surface area contributed by atoms with Gasteiger partial charge < -0.3 is 0 Å². The van der Waals surface area contributed by atoms with Gasteiger partial charge in [-0.1, -0.05) is 29.1 Å². The normalized spacial score (nSPS) is 23.0. The van der Waals surface area contributed by atoms with Crippen molar-refractivity contribution in [2.75, 3.05) is 0 Å². The van der Waals surface area contributed by atoms with E-state index in [0.717, 1.165) is 16.2 Å². The Balaban J connectivity index is 1.96. The fourth-order valence-electron chi connectivity index (χ4n) is 1.16. The molecule has 62 valence electrons. The number of thioether (sulfide) groups is 1. The van der Waals surface area contributed by atoms with Crippen molar-refractivity contribution in [2.24, 2.45) is 0 Å². The van der Waals surface area contributed by atoms with Crippen LogP contribution in [0.5, 0.6) is 0 Å². The number of rotatable bonds is 4. The second kappa shape index (κ2) is 4.36. The standard InChI is InChI=1S/C9H13BrS/c1-7(10)4-3-5-9-6-8(2)11-9/h9H,1-6H2. The molecule has 1 rings (SSSR count). The molecule has 1 saturated heterocycles. The highest BCUT2D eigenvalue weighted by Crippen LogP contribution is 2.41. The summed E-state index contributed by atoms with van der Waals surface area (Å²) >= 11 is 5.30. The third kappa shape index (κ3) is 3.48. The van der Waals surface area contributed by atoms with Gasteiger partial charge in [0, 0.05) is 5.25 Å². The lowest BCUT2D eigenvalue weighted by atomic mass is 10.1. The minimum Gasteiger partial charge on any atom is -0.127 e. The van der Waals surface area contributed by atoms with Crippen LogP contribution in [0.2, 0.25) is 0 Å². The summed E-state index contributed by atoms with van der Waals surface area (Å²) in [6.45, 7) is 7.69. The van der Waals surface area contributed by atoms with Gasteiger partial charge in [0.1, 0.15) is 0 Å². The molecule has 0 saturated carbocycles. The van der Waals surface area contributed by atoms with E-state index in [-0.39, 0.29) is 0 Å². The van der Waals surface area contributed by atoms with Gasteiger partial charge in [-0.25, -0.2) is 0 Å². The molecule has 0 aromatic heterocycles. The van der Waals surface area contributed by atoms with Gasteiger partial charge >= 0.3 is 0 Å². The predicted octanol–water partition coefficient (Wildman–Crippen LogP) is 4.08. The van der Waals surface area contributed by atoms with E-state index in [2.05, 4.69) is 29.1 Å². The van der Waals surface area contributed by atoms with Crippen LogP contribution in [0.4, 0.5) is 0 Å². The average Bonchev–Trinajstić information content (AvgIpc) is 1.83. The maximum Gasteiger partial charge on any atom is 0.0136 e. The molecule has 1 unspecified atom stereocenters. The van der Waals surface area contributed by atoms with Gasteiger partial charge in [0.05, 0.1) is 0 Å². The van der Waals surface area contributed by atoms with Crippen molar-refractivity contribution in [3.05, 3.63) is 22.5 Å². The van der Waals surface area contributed by atoms with Crippen LogP contribution in [0, 0.1) is 0 Å². The highest BCUT2D eigenvalue weighted by molar-refractivity contribution is 9.11. The molecular formula is C9H13BrS. The zero-order valence-electron chi connectivity index (χ0n) is 6.61. The van der Waals surface area contributed by atoms with E-state index < -0.39 is 0 Å². The van der Waals surface area contributed by atoms with Crippen molar-refractivity contribution in [1.82, 2.24) is 0 Å². The summed E-state index contributed by atoms with van der Waals surface area (Å²) < 4.78 is 1.13. The molecule has 0 aromatic rings. The van der Waals surface area contributed by atoms with Crippen molar-refractivity contribution < 1.29 is 0 Å². The van der Waals surface area contributed by atoms with Crippen LogP contribution in [0.15, 0.2) is 22.5 Å². The molecule has 0 aliphatic carbocycles. The predicted molar refractivity (Wildman–Crippen MR) is 57.1 cm³/mol. The summed E-state index contributed by atoms with van der Waals surface area (Å²) in [6.07, 6.45) is 4.92. The molecule has 0 aromatic carbocycles. The summed E-state index contributed by atoms with van der Waals surface area (Å²) in [6, 6.07) is 0. The number of hydrogen-bond acceptors (Lipinski definition) is 1. The molecule has 0 spiro atoms. The number of halogens is 1. The molecule has 1 atom stereocenters. The SMILES string of the molecule is C=C(Br)CCCC1CC(=C)S1. The fourth-order valence-corrected chi connectivity index (χ4v) is 2.48. The van der Waals surface area contributed by atoms with E-state index in [4.69, 9.17) is 0 Å². The molecule has 2 heteroatoms. The monoisotopic (exact) mass is 232 g/mol. The van der Waals surface area contributed by atoms with E-state index >= 15 is 0 Å². The molecule has 11 heavy (non-hydrogen) atoms. The second-order valence-electron chi connectivity index (χ2n) is 2.89. The van der Waals surface area contributed by atoms with Gasteiger partial charge in [-0.15, -0.1) is 11.8 Å². The summed E-state index contributed by atoms with van der Waals surface area (Å²) in [5.41, 5.74) is 0. The van der Waals surface area contributed by atoms with Gasteiger partial charge in [-0.2, -0.15) is 0 Å². The molecular weight excluding hydrogens is 220 g/mol. The Hall–Kier alpha value is 0.310. The first-order valence-electron chi connectivity index (χ1n) is 3.86. The van der Waals surface area contributed by atoms with Crippen LogP contribution >= 0.6 is 27.7 Å². The summed E-state index contributed by atoms with van der Waals surface area (Å²) in [4.78, 5) is 1.35. The van der Waals surface area contributed by atoms with Crippen LogP contribution in [-0.2, 0) is 0 Å². The molecule has 0 bridgehead atoms. The lowest BCUT2D eigenvalue weighted by Gasteiger charge is -2.27. The van der Waals surface area contributed by atoms with Gasteiger partial charge in [0.15, 0.2) is 0 Å².